The molecule has 0 spiro atoms. The fourth-order valence-electron chi connectivity index (χ4n) is 3.64. The van der Waals surface area contributed by atoms with Gasteiger partial charge >= 0.3 is 0 Å². The summed E-state index contributed by atoms with van der Waals surface area (Å²) in [5.74, 6) is -0.227. The molecule has 0 bridgehead atoms. The Morgan fingerprint density at radius 1 is 1.35 bits per heavy atom. The number of fused-ring (bicyclic) bond motifs is 2. The predicted molar refractivity (Wildman–Crippen MR) is 99.0 cm³/mol. The number of carbonyl (C=O) groups is 1. The van der Waals surface area contributed by atoms with E-state index >= 15 is 0 Å². The molecule has 1 aromatic carbocycles. The van der Waals surface area contributed by atoms with Gasteiger partial charge in [-0.25, -0.2) is 9.67 Å². The smallest absolute Gasteiger partial charge is 0.253 e. The number of aliphatic hydroxyl groups excluding tert-OH is 1. The molecule has 0 saturated carbocycles. The number of hydrogen-bond donors (Lipinski definition) is 2. The summed E-state index contributed by atoms with van der Waals surface area (Å²) >= 11 is 0. The van der Waals surface area contributed by atoms with Crippen LogP contribution in [0.25, 0.3) is 11.0 Å². The third-order valence-corrected chi connectivity index (χ3v) is 4.98. The lowest BCUT2D eigenvalue weighted by Crippen LogP contribution is -2.34. The normalized spacial score (nSPS) is 19.1. The number of amides is 1. The standard InChI is InChI=1S/C20H22N4O2/c1-11(2)24-19-14(10-21-24)8-16(12(3)22-19)20(26)23-18-15-7-5-4-6-13(15)9-17(18)25/h4-8,10-11,17-18,25H,9H2,1-3H3,(H,23,26)/t17-,18+/m1/s1. The van der Waals surface area contributed by atoms with Gasteiger partial charge in [-0.05, 0) is 38.0 Å². The van der Waals surface area contributed by atoms with Crippen LogP contribution in [0.4, 0.5) is 0 Å². The lowest BCUT2D eigenvalue weighted by atomic mass is 10.1. The second-order valence-electron chi connectivity index (χ2n) is 7.14. The monoisotopic (exact) mass is 350 g/mol. The van der Waals surface area contributed by atoms with Crippen molar-refractivity contribution in [2.24, 2.45) is 0 Å². The number of carbonyl (C=O) groups excluding carboxylic acids is 1. The molecule has 2 aromatic heterocycles. The van der Waals surface area contributed by atoms with E-state index in [1.807, 2.05) is 55.8 Å². The maximum absolute atomic E-state index is 12.9. The number of hydrogen-bond acceptors (Lipinski definition) is 4. The number of aryl methyl sites for hydroxylation is 1. The Labute approximate surface area is 151 Å². The van der Waals surface area contributed by atoms with Gasteiger partial charge in [-0.3, -0.25) is 4.79 Å². The van der Waals surface area contributed by atoms with Crippen molar-refractivity contribution in [3.05, 3.63) is 58.9 Å². The molecule has 1 aliphatic rings. The van der Waals surface area contributed by atoms with E-state index in [1.54, 1.807) is 6.20 Å². The van der Waals surface area contributed by atoms with Crippen LogP contribution in [0, 0.1) is 6.92 Å². The van der Waals surface area contributed by atoms with E-state index in [0.29, 0.717) is 17.7 Å². The zero-order valence-electron chi connectivity index (χ0n) is 15.1. The Morgan fingerprint density at radius 3 is 2.88 bits per heavy atom. The topological polar surface area (TPSA) is 80.0 Å². The first-order valence-corrected chi connectivity index (χ1v) is 8.87. The van der Waals surface area contributed by atoms with Crippen LogP contribution in [-0.2, 0) is 6.42 Å². The van der Waals surface area contributed by atoms with Crippen LogP contribution >= 0.6 is 0 Å². The number of aromatic nitrogens is 3. The van der Waals surface area contributed by atoms with Crippen LogP contribution in [0.1, 0.15) is 53.1 Å². The second-order valence-corrected chi connectivity index (χ2v) is 7.14. The number of benzene rings is 1. The van der Waals surface area contributed by atoms with Crippen molar-refractivity contribution in [3.8, 4) is 0 Å². The summed E-state index contributed by atoms with van der Waals surface area (Å²) < 4.78 is 1.85. The zero-order chi connectivity index (χ0) is 18.4. The van der Waals surface area contributed by atoms with E-state index in [1.165, 1.54) is 0 Å². The fraction of sp³-hybridized carbons (Fsp3) is 0.350. The van der Waals surface area contributed by atoms with Crippen molar-refractivity contribution in [1.82, 2.24) is 20.1 Å². The minimum Gasteiger partial charge on any atom is -0.390 e. The van der Waals surface area contributed by atoms with E-state index in [-0.39, 0.29) is 11.9 Å². The van der Waals surface area contributed by atoms with Crippen LogP contribution in [0.5, 0.6) is 0 Å². The maximum Gasteiger partial charge on any atom is 0.253 e. The highest BCUT2D eigenvalue weighted by molar-refractivity contribution is 5.98. The molecular formula is C20H22N4O2. The molecule has 4 rings (SSSR count). The molecule has 0 fully saturated rings. The molecule has 6 heteroatoms. The molecule has 2 N–H and O–H groups in total. The molecule has 2 atom stereocenters. The minimum atomic E-state index is -0.614. The first kappa shape index (κ1) is 16.7. The van der Waals surface area contributed by atoms with Crippen LogP contribution in [0.3, 0.4) is 0 Å². The molecule has 2 heterocycles. The first-order chi connectivity index (χ1) is 12.5. The summed E-state index contributed by atoms with van der Waals surface area (Å²) in [5.41, 5.74) is 4.00. The highest BCUT2D eigenvalue weighted by atomic mass is 16.3. The van der Waals surface area contributed by atoms with Gasteiger partial charge in [-0.15, -0.1) is 0 Å². The average molecular weight is 350 g/mol. The molecule has 3 aromatic rings. The Bertz CT molecular complexity index is 993. The zero-order valence-corrected chi connectivity index (χ0v) is 15.1. The van der Waals surface area contributed by atoms with Crippen LogP contribution in [0.15, 0.2) is 36.5 Å². The van der Waals surface area contributed by atoms with Crippen molar-refractivity contribution >= 4 is 16.9 Å². The summed E-state index contributed by atoms with van der Waals surface area (Å²) in [7, 11) is 0. The predicted octanol–water partition coefficient (Wildman–Crippen LogP) is 2.71. The molecule has 26 heavy (non-hydrogen) atoms. The molecule has 1 amide bonds. The van der Waals surface area contributed by atoms with Crippen molar-refractivity contribution < 1.29 is 9.90 Å². The fourth-order valence-corrected chi connectivity index (χ4v) is 3.64. The SMILES string of the molecule is Cc1nc2c(cnn2C(C)C)cc1C(=O)N[C@H]1c2ccccc2C[C@H]1O. The summed E-state index contributed by atoms with van der Waals surface area (Å²) in [6.07, 6.45) is 1.67. The summed E-state index contributed by atoms with van der Waals surface area (Å²) in [6, 6.07) is 9.45. The van der Waals surface area contributed by atoms with E-state index in [0.717, 1.165) is 22.2 Å². The lowest BCUT2D eigenvalue weighted by molar-refractivity contribution is 0.0857. The molecule has 0 radical (unpaired) electrons. The van der Waals surface area contributed by atoms with Gasteiger partial charge in [-0.1, -0.05) is 24.3 Å². The quantitative estimate of drug-likeness (QED) is 0.761. The highest BCUT2D eigenvalue weighted by Gasteiger charge is 2.32. The van der Waals surface area contributed by atoms with Gasteiger partial charge in [0.2, 0.25) is 0 Å². The van der Waals surface area contributed by atoms with Crippen molar-refractivity contribution in [1.29, 1.82) is 0 Å². The molecule has 134 valence electrons. The van der Waals surface area contributed by atoms with E-state index in [4.69, 9.17) is 0 Å². The number of nitrogens with one attached hydrogen (secondary N) is 1. The maximum atomic E-state index is 12.9. The van der Waals surface area contributed by atoms with Gasteiger partial charge in [0, 0.05) is 17.8 Å². The van der Waals surface area contributed by atoms with Gasteiger partial charge in [0.05, 0.1) is 29.6 Å². The summed E-state index contributed by atoms with van der Waals surface area (Å²) in [4.78, 5) is 17.5. The second kappa shape index (κ2) is 6.21. The molecule has 1 aliphatic carbocycles. The van der Waals surface area contributed by atoms with Crippen LogP contribution in [-0.4, -0.2) is 31.9 Å². The molecule has 0 unspecified atom stereocenters. The van der Waals surface area contributed by atoms with E-state index in [2.05, 4.69) is 15.4 Å². The third-order valence-electron chi connectivity index (χ3n) is 4.98. The minimum absolute atomic E-state index is 0.198. The first-order valence-electron chi connectivity index (χ1n) is 8.87. The van der Waals surface area contributed by atoms with Crippen molar-refractivity contribution in [2.45, 2.75) is 45.4 Å². The third kappa shape index (κ3) is 2.66. The molecule has 6 nitrogen and oxygen atoms in total. The van der Waals surface area contributed by atoms with Gasteiger partial charge in [-0.2, -0.15) is 5.10 Å². The molecule has 0 saturated heterocycles. The number of rotatable bonds is 3. The van der Waals surface area contributed by atoms with Crippen LogP contribution in [0.2, 0.25) is 0 Å². The lowest BCUT2D eigenvalue weighted by Gasteiger charge is -2.18. The number of nitrogens with zero attached hydrogens (tertiary/aromatic N) is 3. The largest absolute Gasteiger partial charge is 0.390 e. The van der Waals surface area contributed by atoms with Gasteiger partial charge in [0.25, 0.3) is 5.91 Å². The number of pyridine rings is 1. The van der Waals surface area contributed by atoms with Crippen molar-refractivity contribution in [3.63, 3.8) is 0 Å². The molecular weight excluding hydrogens is 328 g/mol. The van der Waals surface area contributed by atoms with Crippen molar-refractivity contribution in [2.75, 3.05) is 0 Å². The Balaban J connectivity index is 1.66. The van der Waals surface area contributed by atoms with E-state index in [9.17, 15) is 9.90 Å². The van der Waals surface area contributed by atoms with Crippen LogP contribution < -0.4 is 5.32 Å². The summed E-state index contributed by atoms with van der Waals surface area (Å²) in [5, 5.41) is 18.5. The number of aliphatic hydroxyl groups is 1. The van der Waals surface area contributed by atoms with E-state index < -0.39 is 12.1 Å². The Morgan fingerprint density at radius 2 is 2.12 bits per heavy atom. The average Bonchev–Trinajstić information content (AvgIpc) is 3.15. The Hall–Kier alpha value is -2.73. The van der Waals surface area contributed by atoms with Gasteiger partial charge in [0.1, 0.15) is 0 Å². The molecule has 0 aliphatic heterocycles. The highest BCUT2D eigenvalue weighted by Crippen LogP contribution is 2.31. The summed E-state index contributed by atoms with van der Waals surface area (Å²) in [6.45, 7) is 5.91. The van der Waals surface area contributed by atoms with Gasteiger partial charge < -0.3 is 10.4 Å². The Kier molecular flexibility index (Phi) is 4.00. The van der Waals surface area contributed by atoms with Gasteiger partial charge in [0.15, 0.2) is 5.65 Å².